The highest BCUT2D eigenvalue weighted by atomic mass is 79.9. The Hall–Kier alpha value is -3.32. The van der Waals surface area contributed by atoms with E-state index in [2.05, 4.69) is 26.1 Å². The van der Waals surface area contributed by atoms with Gasteiger partial charge in [-0.1, -0.05) is 59.6 Å². The molecule has 0 radical (unpaired) electrons. The molecule has 0 aliphatic carbocycles. The third kappa shape index (κ3) is 5.78. The first-order valence-electron chi connectivity index (χ1n) is 11.3. The number of unbranched alkanes of at least 4 members (excludes halogenated alkanes) is 1. The van der Waals surface area contributed by atoms with Crippen molar-refractivity contribution >= 4 is 28.1 Å². The van der Waals surface area contributed by atoms with E-state index in [1.807, 2.05) is 67.6 Å². The van der Waals surface area contributed by atoms with Crippen molar-refractivity contribution in [3.63, 3.8) is 0 Å². The molecular formula is C27H26BrN3O3. The van der Waals surface area contributed by atoms with Crippen LogP contribution in [-0.4, -0.2) is 29.0 Å². The van der Waals surface area contributed by atoms with Crippen LogP contribution in [0.4, 0.5) is 0 Å². The monoisotopic (exact) mass is 519 g/mol. The molecule has 0 saturated heterocycles. The molecule has 3 aromatic rings. The maximum absolute atomic E-state index is 12.2. The van der Waals surface area contributed by atoms with Gasteiger partial charge in [0, 0.05) is 17.1 Å². The molecule has 0 bridgehead atoms. The molecular weight excluding hydrogens is 494 g/mol. The van der Waals surface area contributed by atoms with Crippen LogP contribution in [-0.2, 0) is 23.3 Å². The maximum atomic E-state index is 12.2. The Kier molecular flexibility index (Phi) is 7.85. The van der Waals surface area contributed by atoms with Crippen molar-refractivity contribution in [2.45, 2.75) is 38.3 Å². The van der Waals surface area contributed by atoms with Crippen LogP contribution in [0.3, 0.4) is 0 Å². The Morgan fingerprint density at radius 3 is 2.62 bits per heavy atom. The minimum absolute atomic E-state index is 0.190. The summed E-state index contributed by atoms with van der Waals surface area (Å²) in [6.07, 6.45) is 7.96. The number of rotatable bonds is 10. The lowest BCUT2D eigenvalue weighted by atomic mass is 9.88. The molecule has 2 heterocycles. The van der Waals surface area contributed by atoms with E-state index < -0.39 is 11.5 Å². The van der Waals surface area contributed by atoms with E-state index in [1.54, 1.807) is 18.3 Å². The minimum Gasteiger partial charge on any atom is -0.489 e. The van der Waals surface area contributed by atoms with Gasteiger partial charge in [0.2, 0.25) is 0 Å². The van der Waals surface area contributed by atoms with Crippen LogP contribution in [0.25, 0.3) is 0 Å². The van der Waals surface area contributed by atoms with Crippen LogP contribution >= 0.6 is 15.9 Å². The fourth-order valence-corrected chi connectivity index (χ4v) is 4.08. The fraction of sp³-hybridized carbons (Fsp3) is 0.259. The summed E-state index contributed by atoms with van der Waals surface area (Å²) in [4.78, 5) is 16.9. The molecule has 6 nitrogen and oxygen atoms in total. The summed E-state index contributed by atoms with van der Waals surface area (Å²) in [5, 5.41) is 8.49. The summed E-state index contributed by atoms with van der Waals surface area (Å²) in [6, 6.07) is 19.4. The quantitative estimate of drug-likeness (QED) is 0.248. The van der Waals surface area contributed by atoms with E-state index in [4.69, 9.17) is 14.5 Å². The number of aromatic nitrogens is 2. The van der Waals surface area contributed by atoms with Gasteiger partial charge in [0.1, 0.15) is 17.9 Å². The molecule has 0 N–H and O–H groups in total. The van der Waals surface area contributed by atoms with E-state index in [9.17, 15) is 4.79 Å². The van der Waals surface area contributed by atoms with Crippen molar-refractivity contribution in [2.24, 2.45) is 4.99 Å². The number of aliphatic imine (C=N–C) groups is 1. The highest BCUT2D eigenvalue weighted by Gasteiger charge is 2.34. The van der Waals surface area contributed by atoms with Crippen molar-refractivity contribution in [1.82, 2.24) is 10.2 Å². The standard InChI is InChI=1S/C27H26BrN3O3/c1-2-3-16-33-26(32)23-11-13-25(31-30-23)27(14-7-15-29-27)18-21-17-22(28)10-12-24(21)34-19-20-8-5-4-6-9-20/h4-15,17H,2-3,16,18-19H2,1H3. The number of hydrogen-bond acceptors (Lipinski definition) is 6. The van der Waals surface area contributed by atoms with Gasteiger partial charge in [-0.3, -0.25) is 4.99 Å². The van der Waals surface area contributed by atoms with Crippen LogP contribution in [0.2, 0.25) is 0 Å². The van der Waals surface area contributed by atoms with Crippen molar-refractivity contribution < 1.29 is 14.3 Å². The molecule has 2 aromatic carbocycles. The van der Waals surface area contributed by atoms with Gasteiger partial charge in [-0.2, -0.15) is 5.10 Å². The molecule has 1 aromatic heterocycles. The third-order valence-electron chi connectivity index (χ3n) is 5.53. The van der Waals surface area contributed by atoms with Gasteiger partial charge in [-0.25, -0.2) is 4.79 Å². The number of esters is 1. The molecule has 34 heavy (non-hydrogen) atoms. The first kappa shape index (κ1) is 23.8. The second-order valence-corrected chi connectivity index (χ2v) is 8.97. The largest absolute Gasteiger partial charge is 0.489 e. The maximum Gasteiger partial charge on any atom is 0.358 e. The molecule has 1 unspecified atom stereocenters. The summed E-state index contributed by atoms with van der Waals surface area (Å²) in [7, 11) is 0. The smallest absolute Gasteiger partial charge is 0.358 e. The Morgan fingerprint density at radius 2 is 1.91 bits per heavy atom. The Morgan fingerprint density at radius 1 is 1.06 bits per heavy atom. The zero-order chi connectivity index (χ0) is 23.8. The van der Waals surface area contributed by atoms with Gasteiger partial charge in [-0.05, 0) is 60.0 Å². The van der Waals surface area contributed by atoms with Crippen molar-refractivity contribution in [2.75, 3.05) is 6.61 Å². The van der Waals surface area contributed by atoms with Gasteiger partial charge in [0.05, 0.1) is 12.3 Å². The van der Waals surface area contributed by atoms with Crippen molar-refractivity contribution in [3.8, 4) is 5.75 Å². The Balaban J connectivity index is 1.55. The molecule has 174 valence electrons. The minimum atomic E-state index is -0.733. The number of carbonyl (C=O) groups is 1. The molecule has 1 aliphatic heterocycles. The number of nitrogens with zero attached hydrogens (tertiary/aromatic N) is 3. The molecule has 0 fully saturated rings. The summed E-state index contributed by atoms with van der Waals surface area (Å²) in [5.41, 5.74) is 2.19. The predicted molar refractivity (Wildman–Crippen MR) is 135 cm³/mol. The zero-order valence-corrected chi connectivity index (χ0v) is 20.6. The van der Waals surface area contributed by atoms with Gasteiger partial charge in [0.25, 0.3) is 0 Å². The van der Waals surface area contributed by atoms with Gasteiger partial charge >= 0.3 is 5.97 Å². The van der Waals surface area contributed by atoms with E-state index in [0.29, 0.717) is 25.3 Å². The Labute approximate surface area is 207 Å². The zero-order valence-electron chi connectivity index (χ0n) is 19.0. The molecule has 4 rings (SSSR count). The highest BCUT2D eigenvalue weighted by Crippen LogP contribution is 2.36. The number of halogens is 1. The lowest BCUT2D eigenvalue weighted by Crippen LogP contribution is -2.25. The van der Waals surface area contributed by atoms with Crippen LogP contribution in [0.15, 0.2) is 82.3 Å². The highest BCUT2D eigenvalue weighted by molar-refractivity contribution is 9.10. The SMILES string of the molecule is CCCCOC(=O)c1ccc(C2(Cc3cc(Br)ccc3OCc3ccccc3)C=CC=N2)nn1. The molecule has 0 spiro atoms. The predicted octanol–water partition coefficient (Wildman–Crippen LogP) is 5.85. The first-order chi connectivity index (χ1) is 16.6. The van der Waals surface area contributed by atoms with E-state index in [-0.39, 0.29) is 5.69 Å². The lowest BCUT2D eigenvalue weighted by Gasteiger charge is -2.25. The van der Waals surface area contributed by atoms with E-state index >= 15 is 0 Å². The number of ether oxygens (including phenoxy) is 2. The van der Waals surface area contributed by atoms with Crippen molar-refractivity contribution in [3.05, 3.63) is 99.8 Å². The summed E-state index contributed by atoms with van der Waals surface area (Å²) >= 11 is 3.58. The second-order valence-electron chi connectivity index (χ2n) is 8.06. The molecule has 1 atom stereocenters. The average molecular weight is 520 g/mol. The van der Waals surface area contributed by atoms with Crippen LogP contribution in [0.5, 0.6) is 5.75 Å². The van der Waals surface area contributed by atoms with Crippen LogP contribution in [0.1, 0.15) is 47.1 Å². The molecule has 0 amide bonds. The molecule has 1 aliphatic rings. The summed E-state index contributed by atoms with van der Waals surface area (Å²) < 4.78 is 12.4. The Bertz CT molecular complexity index is 1170. The fourth-order valence-electron chi connectivity index (χ4n) is 3.68. The normalized spacial score (nSPS) is 16.5. The summed E-state index contributed by atoms with van der Waals surface area (Å²) in [6.45, 7) is 2.89. The number of hydrogen-bond donors (Lipinski definition) is 0. The van der Waals surface area contributed by atoms with E-state index in [0.717, 1.165) is 34.2 Å². The lowest BCUT2D eigenvalue weighted by molar-refractivity contribution is 0.0491. The van der Waals surface area contributed by atoms with E-state index in [1.165, 1.54) is 0 Å². The second kappa shape index (κ2) is 11.2. The van der Waals surface area contributed by atoms with Crippen LogP contribution < -0.4 is 4.74 Å². The number of carbonyl (C=O) groups excluding carboxylic acids is 1. The third-order valence-corrected chi connectivity index (χ3v) is 6.02. The average Bonchev–Trinajstić information content (AvgIpc) is 3.34. The number of benzene rings is 2. The van der Waals surface area contributed by atoms with Gasteiger partial charge in [0.15, 0.2) is 5.69 Å². The van der Waals surface area contributed by atoms with Gasteiger partial charge < -0.3 is 9.47 Å². The van der Waals surface area contributed by atoms with Crippen LogP contribution in [0, 0.1) is 0 Å². The molecule has 0 saturated carbocycles. The van der Waals surface area contributed by atoms with Crippen molar-refractivity contribution in [1.29, 1.82) is 0 Å². The topological polar surface area (TPSA) is 73.7 Å². The summed E-state index contributed by atoms with van der Waals surface area (Å²) in [5.74, 6) is 0.321. The molecule has 7 heteroatoms. The number of allylic oxidation sites excluding steroid dienone is 1. The first-order valence-corrected chi connectivity index (χ1v) is 12.1. The van der Waals surface area contributed by atoms with Gasteiger partial charge in [-0.15, -0.1) is 5.10 Å².